The maximum absolute atomic E-state index is 10.5. The van der Waals surface area contributed by atoms with Crippen LogP contribution < -0.4 is 0 Å². The van der Waals surface area contributed by atoms with Gasteiger partial charge in [0.05, 0.1) is 38.9 Å². The van der Waals surface area contributed by atoms with Crippen LogP contribution in [-0.4, -0.2) is 9.13 Å². The third-order valence-corrected chi connectivity index (χ3v) is 9.18. The average molecular weight is 585 g/mol. The van der Waals surface area contributed by atoms with Gasteiger partial charge in [-0.2, -0.15) is 10.5 Å². The van der Waals surface area contributed by atoms with Gasteiger partial charge in [-0.25, -0.2) is 0 Å². The molecule has 0 aliphatic heterocycles. The van der Waals surface area contributed by atoms with E-state index in [-0.39, 0.29) is 0 Å². The fourth-order valence-electron chi connectivity index (χ4n) is 7.18. The fraction of sp³-hybridized carbons (Fsp3) is 0. The van der Waals surface area contributed by atoms with Crippen LogP contribution in [0.2, 0.25) is 0 Å². The first-order valence-corrected chi connectivity index (χ1v) is 15.2. The number of hydrogen-bond acceptors (Lipinski definition) is 2. The van der Waals surface area contributed by atoms with Gasteiger partial charge in [-0.1, -0.05) is 103 Å². The number of nitriles is 2. The highest BCUT2D eigenvalue weighted by molar-refractivity contribution is 6.22. The molecule has 0 unspecified atom stereocenters. The molecule has 0 spiro atoms. The molecule has 2 heterocycles. The van der Waals surface area contributed by atoms with E-state index < -0.39 is 0 Å². The van der Waals surface area contributed by atoms with Gasteiger partial charge in [-0.05, 0) is 64.4 Å². The zero-order valence-electron chi connectivity index (χ0n) is 24.6. The molecule has 0 N–H and O–H groups in total. The normalized spacial score (nSPS) is 11.4. The average Bonchev–Trinajstić information content (AvgIpc) is 3.64. The lowest BCUT2D eigenvalue weighted by Gasteiger charge is -2.16. The Morgan fingerprint density at radius 3 is 1.78 bits per heavy atom. The molecule has 0 bridgehead atoms. The van der Waals surface area contributed by atoms with Crippen molar-refractivity contribution in [1.82, 2.24) is 9.13 Å². The molecular weight excluding hydrogens is 560 g/mol. The molecule has 9 aromatic rings. The summed E-state index contributed by atoms with van der Waals surface area (Å²) in [6.07, 6.45) is 0. The highest BCUT2D eigenvalue weighted by Crippen LogP contribution is 2.40. The molecule has 0 radical (unpaired) electrons. The number of rotatable bonds is 3. The van der Waals surface area contributed by atoms with Gasteiger partial charge in [0.25, 0.3) is 0 Å². The Bertz CT molecular complexity index is 2710. The molecule has 0 saturated heterocycles. The van der Waals surface area contributed by atoms with Crippen molar-refractivity contribution in [1.29, 1.82) is 10.5 Å². The Morgan fingerprint density at radius 2 is 1.07 bits per heavy atom. The number of nitrogens with zero attached hydrogens (tertiary/aromatic N) is 4. The summed E-state index contributed by atoms with van der Waals surface area (Å²) in [5.41, 5.74) is 8.56. The number of fused-ring (bicyclic) bond motifs is 8. The molecule has 2 aromatic heterocycles. The molecular formula is C42H24N4. The summed E-state index contributed by atoms with van der Waals surface area (Å²) >= 11 is 0. The first-order chi connectivity index (χ1) is 22.7. The van der Waals surface area contributed by atoms with Crippen LogP contribution in [0.15, 0.2) is 146 Å². The first kappa shape index (κ1) is 25.8. The van der Waals surface area contributed by atoms with Crippen molar-refractivity contribution in [3.63, 3.8) is 0 Å². The summed E-state index contributed by atoms with van der Waals surface area (Å²) in [6.45, 7) is 0. The second-order valence-electron chi connectivity index (χ2n) is 11.6. The summed E-state index contributed by atoms with van der Waals surface area (Å²) < 4.78 is 4.37. The summed E-state index contributed by atoms with van der Waals surface area (Å²) in [6, 6.07) is 55.0. The second kappa shape index (κ2) is 9.96. The first-order valence-electron chi connectivity index (χ1n) is 15.2. The van der Waals surface area contributed by atoms with E-state index in [0.717, 1.165) is 60.4 Å². The predicted octanol–water partition coefficient (Wildman–Crippen LogP) is 10.4. The SMILES string of the molecule is N#Cc1cc(-n2c3ccc(-c4ccccc4)cc3c3c4ccccc4ccc32)cc(-n2c3ccccc3c3ccccc32)c1C#N. The number of hydrogen-bond donors (Lipinski definition) is 0. The zero-order valence-corrected chi connectivity index (χ0v) is 24.6. The molecule has 7 aromatic carbocycles. The van der Waals surface area contributed by atoms with Crippen LogP contribution in [0, 0.1) is 22.7 Å². The minimum absolute atomic E-state index is 0.341. The van der Waals surface area contributed by atoms with Crippen molar-refractivity contribution in [2.45, 2.75) is 0 Å². The second-order valence-corrected chi connectivity index (χ2v) is 11.6. The maximum atomic E-state index is 10.5. The summed E-state index contributed by atoms with van der Waals surface area (Å²) in [5, 5.41) is 27.7. The third-order valence-electron chi connectivity index (χ3n) is 9.18. The van der Waals surface area contributed by atoms with Gasteiger partial charge in [-0.15, -0.1) is 0 Å². The van der Waals surface area contributed by atoms with Crippen molar-refractivity contribution < 1.29 is 0 Å². The van der Waals surface area contributed by atoms with Crippen LogP contribution in [0.3, 0.4) is 0 Å². The van der Waals surface area contributed by atoms with E-state index in [9.17, 15) is 10.5 Å². The van der Waals surface area contributed by atoms with E-state index in [1.54, 1.807) is 0 Å². The third kappa shape index (κ3) is 3.65. The van der Waals surface area contributed by atoms with Crippen LogP contribution >= 0.6 is 0 Å². The van der Waals surface area contributed by atoms with E-state index in [1.165, 1.54) is 10.8 Å². The van der Waals surface area contributed by atoms with Crippen molar-refractivity contribution >= 4 is 54.4 Å². The highest BCUT2D eigenvalue weighted by atomic mass is 15.0. The van der Waals surface area contributed by atoms with Gasteiger partial charge >= 0.3 is 0 Å². The van der Waals surface area contributed by atoms with Crippen LogP contribution in [0.25, 0.3) is 76.9 Å². The van der Waals surface area contributed by atoms with E-state index >= 15 is 0 Å². The Labute approximate surface area is 264 Å². The predicted molar refractivity (Wildman–Crippen MR) is 187 cm³/mol. The zero-order chi connectivity index (χ0) is 30.8. The number of benzene rings is 7. The van der Waals surface area contributed by atoms with E-state index in [2.05, 4.69) is 130 Å². The fourth-order valence-corrected chi connectivity index (χ4v) is 7.18. The lowest BCUT2D eigenvalue weighted by molar-refractivity contribution is 1.12. The molecule has 0 amide bonds. The van der Waals surface area contributed by atoms with Gasteiger partial charge in [0.1, 0.15) is 12.1 Å². The van der Waals surface area contributed by atoms with Crippen LogP contribution in [-0.2, 0) is 0 Å². The summed E-state index contributed by atoms with van der Waals surface area (Å²) in [4.78, 5) is 0. The van der Waals surface area contributed by atoms with Gasteiger partial charge < -0.3 is 9.13 Å². The monoisotopic (exact) mass is 584 g/mol. The van der Waals surface area contributed by atoms with Gasteiger partial charge in [0.15, 0.2) is 0 Å². The number of aromatic nitrogens is 2. The van der Waals surface area contributed by atoms with Gasteiger partial charge in [0, 0.05) is 27.2 Å². The lowest BCUT2D eigenvalue weighted by Crippen LogP contribution is -2.04. The molecule has 212 valence electrons. The number of para-hydroxylation sites is 2. The molecule has 9 rings (SSSR count). The van der Waals surface area contributed by atoms with Crippen molar-refractivity contribution in [2.75, 3.05) is 0 Å². The summed E-state index contributed by atoms with van der Waals surface area (Å²) in [7, 11) is 0. The van der Waals surface area contributed by atoms with E-state index in [1.807, 2.05) is 36.4 Å². The summed E-state index contributed by atoms with van der Waals surface area (Å²) in [5.74, 6) is 0. The minimum Gasteiger partial charge on any atom is -0.309 e. The van der Waals surface area contributed by atoms with Crippen LogP contribution in [0.4, 0.5) is 0 Å². The molecule has 0 fully saturated rings. The van der Waals surface area contributed by atoms with Gasteiger partial charge in [0.2, 0.25) is 0 Å². The Kier molecular flexibility index (Phi) is 5.59. The topological polar surface area (TPSA) is 57.4 Å². The molecule has 4 heteroatoms. The van der Waals surface area contributed by atoms with E-state index in [0.29, 0.717) is 16.8 Å². The lowest BCUT2D eigenvalue weighted by atomic mass is 10.0. The maximum Gasteiger partial charge on any atom is 0.103 e. The molecule has 0 aliphatic carbocycles. The van der Waals surface area contributed by atoms with E-state index in [4.69, 9.17) is 0 Å². The standard InChI is InChI=1S/C42H24N4/c43-25-30-22-31(24-41(36(30)26-44)46-37-16-8-6-14-33(37)34-15-7-9-17-38(34)46)45-39-20-19-29(27-10-2-1-3-11-27)23-35(39)42-32-13-5-4-12-28(32)18-21-40(42)45/h1-24H. The molecule has 0 atom stereocenters. The molecule has 0 aliphatic rings. The molecule has 4 nitrogen and oxygen atoms in total. The Morgan fingerprint density at radius 1 is 0.435 bits per heavy atom. The van der Waals surface area contributed by atoms with Crippen molar-refractivity contribution in [3.05, 3.63) is 157 Å². The Hall–Kier alpha value is -6.62. The highest BCUT2D eigenvalue weighted by Gasteiger charge is 2.21. The molecule has 46 heavy (non-hydrogen) atoms. The smallest absolute Gasteiger partial charge is 0.103 e. The van der Waals surface area contributed by atoms with Gasteiger partial charge in [-0.3, -0.25) is 0 Å². The quantitative estimate of drug-likeness (QED) is 0.207. The van der Waals surface area contributed by atoms with Crippen molar-refractivity contribution in [3.8, 4) is 34.6 Å². The largest absolute Gasteiger partial charge is 0.309 e. The minimum atomic E-state index is 0.341. The van der Waals surface area contributed by atoms with Crippen LogP contribution in [0.1, 0.15) is 11.1 Å². The van der Waals surface area contributed by atoms with Crippen LogP contribution in [0.5, 0.6) is 0 Å². The Balaban J connectivity index is 1.42. The van der Waals surface area contributed by atoms with Crippen molar-refractivity contribution in [2.24, 2.45) is 0 Å². The molecule has 0 saturated carbocycles.